The average molecular weight is 387 g/mol. The molecule has 0 aliphatic heterocycles. The van der Waals surface area contributed by atoms with E-state index in [0.29, 0.717) is 13.2 Å². The van der Waals surface area contributed by atoms with Crippen LogP contribution in [-0.2, 0) is 23.8 Å². The van der Waals surface area contributed by atoms with Gasteiger partial charge in [-0.15, -0.1) is 0 Å². The molecule has 0 bridgehead atoms. The van der Waals surface area contributed by atoms with Gasteiger partial charge in [-0.1, -0.05) is 90.9 Å². The van der Waals surface area contributed by atoms with Crippen LogP contribution >= 0.6 is 0 Å². The topological polar surface area (TPSA) is 61.8 Å². The molecule has 0 aliphatic carbocycles. The van der Waals surface area contributed by atoms with Crippen molar-refractivity contribution < 1.29 is 23.8 Å². The molecule has 0 amide bonds. The van der Waals surface area contributed by atoms with Gasteiger partial charge in [0.2, 0.25) is 0 Å². The Morgan fingerprint density at radius 2 is 0.852 bits per heavy atom. The van der Waals surface area contributed by atoms with Crippen molar-refractivity contribution in [2.45, 2.75) is 104 Å². The first-order chi connectivity index (χ1) is 13.2. The lowest BCUT2D eigenvalue weighted by molar-refractivity contribution is -0.155. The van der Waals surface area contributed by atoms with Gasteiger partial charge in [0.15, 0.2) is 0 Å². The average Bonchev–Trinajstić information content (AvgIpc) is 2.66. The predicted molar refractivity (Wildman–Crippen MR) is 109 cm³/mol. The highest BCUT2D eigenvalue weighted by atomic mass is 16.6. The fourth-order valence-corrected chi connectivity index (χ4v) is 2.79. The van der Waals surface area contributed by atoms with E-state index >= 15 is 0 Å². The van der Waals surface area contributed by atoms with Gasteiger partial charge < -0.3 is 14.2 Å². The molecule has 0 unspecified atom stereocenters. The van der Waals surface area contributed by atoms with Crippen LogP contribution < -0.4 is 0 Å². The molecular formula is C22H42O5. The summed E-state index contributed by atoms with van der Waals surface area (Å²) in [5, 5.41) is 0. The molecule has 0 fully saturated rings. The van der Waals surface area contributed by atoms with Crippen molar-refractivity contribution in [3.63, 3.8) is 0 Å². The summed E-state index contributed by atoms with van der Waals surface area (Å²) in [7, 11) is 0. The Hall–Kier alpha value is -1.10. The van der Waals surface area contributed by atoms with Crippen LogP contribution in [0.4, 0.5) is 0 Å². The molecular weight excluding hydrogens is 344 g/mol. The van der Waals surface area contributed by atoms with Crippen LogP contribution in [0, 0.1) is 0 Å². The molecule has 0 N–H and O–H groups in total. The molecule has 0 saturated heterocycles. The molecule has 0 aliphatic rings. The van der Waals surface area contributed by atoms with Gasteiger partial charge in [-0.25, -0.2) is 9.59 Å². The zero-order valence-corrected chi connectivity index (χ0v) is 17.8. The second-order valence-electron chi connectivity index (χ2n) is 7.18. The monoisotopic (exact) mass is 386 g/mol. The second-order valence-corrected chi connectivity index (χ2v) is 7.18. The molecule has 5 heteroatoms. The molecule has 0 heterocycles. The predicted octanol–water partition coefficient (Wildman–Crippen LogP) is 5.59. The van der Waals surface area contributed by atoms with E-state index in [2.05, 4.69) is 13.8 Å². The summed E-state index contributed by atoms with van der Waals surface area (Å²) in [6.07, 6.45) is 16.5. The van der Waals surface area contributed by atoms with Gasteiger partial charge in [-0.05, 0) is 12.8 Å². The van der Waals surface area contributed by atoms with Crippen molar-refractivity contribution in [1.29, 1.82) is 0 Å². The summed E-state index contributed by atoms with van der Waals surface area (Å²) in [5.41, 5.74) is 0. The fourth-order valence-electron chi connectivity index (χ4n) is 2.79. The van der Waals surface area contributed by atoms with Gasteiger partial charge >= 0.3 is 11.9 Å². The molecule has 160 valence electrons. The first-order valence-corrected chi connectivity index (χ1v) is 11.1. The first-order valence-electron chi connectivity index (χ1n) is 11.1. The van der Waals surface area contributed by atoms with Crippen LogP contribution in [0.25, 0.3) is 0 Å². The number of carbonyl (C=O) groups is 2. The molecule has 0 saturated carbocycles. The zero-order valence-electron chi connectivity index (χ0n) is 17.8. The van der Waals surface area contributed by atoms with Crippen LogP contribution in [0.1, 0.15) is 104 Å². The minimum Gasteiger partial charge on any atom is -0.464 e. The minimum absolute atomic E-state index is 0.191. The van der Waals surface area contributed by atoms with Gasteiger partial charge in [0.25, 0.3) is 0 Å². The molecule has 0 aromatic heterocycles. The van der Waals surface area contributed by atoms with E-state index in [-0.39, 0.29) is 13.2 Å². The Kier molecular flexibility index (Phi) is 20.3. The van der Waals surface area contributed by atoms with E-state index in [1.165, 1.54) is 64.2 Å². The summed E-state index contributed by atoms with van der Waals surface area (Å²) in [6.45, 7) is 4.89. The third-order valence-corrected chi connectivity index (χ3v) is 4.46. The Morgan fingerprint density at radius 3 is 1.22 bits per heavy atom. The van der Waals surface area contributed by atoms with E-state index in [0.717, 1.165) is 25.7 Å². The highest BCUT2D eigenvalue weighted by molar-refractivity contribution is 5.73. The first kappa shape index (κ1) is 25.9. The Morgan fingerprint density at radius 1 is 0.519 bits per heavy atom. The summed E-state index contributed by atoms with van der Waals surface area (Å²) < 4.78 is 15.2. The summed E-state index contributed by atoms with van der Waals surface area (Å²) in [5.74, 6) is -0.832. The standard InChI is InChI=1S/C22H42O5/c1-3-5-7-9-11-13-15-17-26-21(23)19-25-20-22(24)27-18-16-14-12-10-8-6-4-2/h3-20H2,1-2H3. The van der Waals surface area contributed by atoms with Gasteiger partial charge in [-0.3, -0.25) is 0 Å². The van der Waals surface area contributed by atoms with Crippen molar-refractivity contribution in [1.82, 2.24) is 0 Å². The Balaban J connectivity index is 3.31. The van der Waals surface area contributed by atoms with E-state index in [1.54, 1.807) is 0 Å². The normalized spacial score (nSPS) is 10.7. The molecule has 27 heavy (non-hydrogen) atoms. The number of carbonyl (C=O) groups excluding carboxylic acids is 2. The maximum Gasteiger partial charge on any atom is 0.332 e. The van der Waals surface area contributed by atoms with Crippen molar-refractivity contribution in [2.75, 3.05) is 26.4 Å². The van der Waals surface area contributed by atoms with Crippen LogP contribution in [0.15, 0.2) is 0 Å². The van der Waals surface area contributed by atoms with Gasteiger partial charge in [0, 0.05) is 0 Å². The third kappa shape index (κ3) is 21.1. The molecule has 0 radical (unpaired) electrons. The number of hydrogen-bond donors (Lipinski definition) is 0. The lowest BCUT2D eigenvalue weighted by atomic mass is 10.1. The van der Waals surface area contributed by atoms with E-state index < -0.39 is 11.9 Å². The van der Waals surface area contributed by atoms with Gasteiger partial charge in [0.05, 0.1) is 13.2 Å². The molecule has 0 rings (SSSR count). The summed E-state index contributed by atoms with van der Waals surface area (Å²) >= 11 is 0. The SMILES string of the molecule is CCCCCCCCCOC(=O)COCC(=O)OCCCCCCCCC. The smallest absolute Gasteiger partial charge is 0.332 e. The number of unbranched alkanes of at least 4 members (excludes halogenated alkanes) is 12. The number of ether oxygens (including phenoxy) is 3. The zero-order chi connectivity index (χ0) is 20.0. The van der Waals surface area contributed by atoms with Crippen LogP contribution in [0.2, 0.25) is 0 Å². The molecule has 0 spiro atoms. The molecule has 5 nitrogen and oxygen atoms in total. The van der Waals surface area contributed by atoms with Crippen molar-refractivity contribution >= 4 is 11.9 Å². The fraction of sp³-hybridized carbons (Fsp3) is 0.909. The maximum atomic E-state index is 11.5. The quantitative estimate of drug-likeness (QED) is 0.202. The second kappa shape index (κ2) is 21.2. The molecule has 0 aromatic rings. The van der Waals surface area contributed by atoms with Gasteiger partial charge in [0.1, 0.15) is 13.2 Å². The summed E-state index contributed by atoms with van der Waals surface area (Å²) in [4.78, 5) is 23.0. The highest BCUT2D eigenvalue weighted by Crippen LogP contribution is 2.07. The highest BCUT2D eigenvalue weighted by Gasteiger charge is 2.07. The van der Waals surface area contributed by atoms with Crippen LogP contribution in [0.5, 0.6) is 0 Å². The van der Waals surface area contributed by atoms with Crippen molar-refractivity contribution in [3.8, 4) is 0 Å². The molecule has 0 atom stereocenters. The minimum atomic E-state index is -0.416. The summed E-state index contributed by atoms with van der Waals surface area (Å²) in [6, 6.07) is 0. The van der Waals surface area contributed by atoms with E-state index in [1.807, 2.05) is 0 Å². The maximum absolute atomic E-state index is 11.5. The molecule has 0 aromatic carbocycles. The van der Waals surface area contributed by atoms with Crippen LogP contribution in [-0.4, -0.2) is 38.4 Å². The van der Waals surface area contributed by atoms with Gasteiger partial charge in [-0.2, -0.15) is 0 Å². The van der Waals surface area contributed by atoms with E-state index in [9.17, 15) is 9.59 Å². The lowest BCUT2D eigenvalue weighted by Crippen LogP contribution is -2.19. The third-order valence-electron chi connectivity index (χ3n) is 4.46. The van der Waals surface area contributed by atoms with Crippen LogP contribution in [0.3, 0.4) is 0 Å². The Bertz CT molecular complexity index is 312. The van der Waals surface area contributed by atoms with E-state index in [4.69, 9.17) is 14.2 Å². The number of rotatable bonds is 20. The van der Waals surface area contributed by atoms with Crippen molar-refractivity contribution in [2.24, 2.45) is 0 Å². The van der Waals surface area contributed by atoms with Crippen molar-refractivity contribution in [3.05, 3.63) is 0 Å². The largest absolute Gasteiger partial charge is 0.464 e. The lowest BCUT2D eigenvalue weighted by Gasteiger charge is -2.07. The number of hydrogen-bond acceptors (Lipinski definition) is 5. The number of esters is 2. The Labute approximate surface area is 166 Å².